The van der Waals surface area contributed by atoms with Crippen molar-refractivity contribution in [1.29, 1.82) is 0 Å². The van der Waals surface area contributed by atoms with Crippen LogP contribution in [0.15, 0.2) is 18.2 Å². The molecule has 128 valence electrons. The minimum atomic E-state index is -3.49. The van der Waals surface area contributed by atoms with Gasteiger partial charge in [0, 0.05) is 31.1 Å². The molecule has 0 unspecified atom stereocenters. The zero-order chi connectivity index (χ0) is 17.2. The van der Waals surface area contributed by atoms with Gasteiger partial charge in [0.1, 0.15) is 5.75 Å². The quantitative estimate of drug-likeness (QED) is 0.825. The van der Waals surface area contributed by atoms with E-state index in [9.17, 15) is 13.2 Å². The van der Waals surface area contributed by atoms with Gasteiger partial charge >= 0.3 is 0 Å². The van der Waals surface area contributed by atoms with Crippen LogP contribution in [0, 0.1) is 0 Å². The average molecular weight is 361 g/mol. The van der Waals surface area contributed by atoms with Gasteiger partial charge in [0.2, 0.25) is 10.0 Å². The summed E-state index contributed by atoms with van der Waals surface area (Å²) in [4.78, 5) is 14.2. The third kappa shape index (κ3) is 3.90. The van der Waals surface area contributed by atoms with E-state index in [1.54, 1.807) is 23.1 Å². The van der Waals surface area contributed by atoms with Gasteiger partial charge in [-0.05, 0) is 32.0 Å². The van der Waals surface area contributed by atoms with Gasteiger partial charge in [-0.25, -0.2) is 8.42 Å². The molecular formula is C15H21ClN2O4S. The molecular weight excluding hydrogens is 340 g/mol. The molecule has 1 aromatic carbocycles. The highest BCUT2D eigenvalue weighted by Crippen LogP contribution is 2.36. The SMILES string of the molecule is CCN(CC)C(=O)[C@@H]1CCN(S(C)(=O)=O)c2cc(Cl)ccc2O1. The van der Waals surface area contributed by atoms with Crippen LogP contribution in [0.2, 0.25) is 5.02 Å². The smallest absolute Gasteiger partial charge is 0.263 e. The second-order valence-corrected chi connectivity index (χ2v) is 7.70. The Morgan fingerprint density at radius 1 is 1.39 bits per heavy atom. The van der Waals surface area contributed by atoms with Crippen molar-refractivity contribution in [2.24, 2.45) is 0 Å². The van der Waals surface area contributed by atoms with Crippen molar-refractivity contribution in [3.63, 3.8) is 0 Å². The first kappa shape index (κ1) is 17.9. The van der Waals surface area contributed by atoms with Crippen LogP contribution in [-0.4, -0.2) is 51.2 Å². The van der Waals surface area contributed by atoms with Crippen LogP contribution in [0.4, 0.5) is 5.69 Å². The van der Waals surface area contributed by atoms with Crippen molar-refractivity contribution in [1.82, 2.24) is 4.90 Å². The van der Waals surface area contributed by atoms with E-state index in [1.807, 2.05) is 13.8 Å². The number of hydrogen-bond acceptors (Lipinski definition) is 4. The maximum absolute atomic E-state index is 12.6. The lowest BCUT2D eigenvalue weighted by Crippen LogP contribution is -2.42. The molecule has 0 radical (unpaired) electrons. The predicted molar refractivity (Wildman–Crippen MR) is 90.6 cm³/mol. The fourth-order valence-corrected chi connectivity index (χ4v) is 3.71. The number of sulfonamides is 1. The first-order valence-electron chi connectivity index (χ1n) is 7.50. The number of fused-ring (bicyclic) bond motifs is 1. The van der Waals surface area contributed by atoms with Crippen molar-refractivity contribution in [2.45, 2.75) is 26.4 Å². The summed E-state index contributed by atoms with van der Waals surface area (Å²) < 4.78 is 31.2. The zero-order valence-corrected chi connectivity index (χ0v) is 15.0. The van der Waals surface area contributed by atoms with E-state index in [0.717, 1.165) is 6.26 Å². The normalized spacial score (nSPS) is 17.9. The highest BCUT2D eigenvalue weighted by Gasteiger charge is 2.32. The standard InChI is InChI=1S/C15H21ClN2O4S/c1-4-17(5-2)15(19)14-8-9-18(23(3,20)21)12-10-11(16)6-7-13(12)22-14/h6-7,10,14H,4-5,8-9H2,1-3H3/t14-/m0/s1. The number of ether oxygens (including phenoxy) is 1. The zero-order valence-electron chi connectivity index (χ0n) is 13.5. The summed E-state index contributed by atoms with van der Waals surface area (Å²) in [6, 6.07) is 4.76. The minimum absolute atomic E-state index is 0.133. The maximum atomic E-state index is 12.6. The van der Waals surface area contributed by atoms with E-state index < -0.39 is 16.1 Å². The molecule has 1 aliphatic heterocycles. The lowest BCUT2D eigenvalue weighted by molar-refractivity contribution is -0.138. The Hall–Kier alpha value is -1.47. The fourth-order valence-electron chi connectivity index (χ4n) is 2.61. The lowest BCUT2D eigenvalue weighted by Gasteiger charge is -2.24. The number of likely N-dealkylation sites (N-methyl/N-ethyl adjacent to an activating group) is 1. The summed E-state index contributed by atoms with van der Waals surface area (Å²) in [7, 11) is -3.49. The Kier molecular flexibility index (Phi) is 5.41. The van der Waals surface area contributed by atoms with Crippen molar-refractivity contribution in [2.75, 3.05) is 30.2 Å². The van der Waals surface area contributed by atoms with E-state index in [-0.39, 0.29) is 18.9 Å². The van der Waals surface area contributed by atoms with Gasteiger partial charge in [0.15, 0.2) is 6.10 Å². The van der Waals surface area contributed by atoms with Crippen LogP contribution in [0.25, 0.3) is 0 Å². The summed E-state index contributed by atoms with van der Waals surface area (Å²) in [5, 5.41) is 0.412. The molecule has 1 heterocycles. The van der Waals surface area contributed by atoms with Crippen molar-refractivity contribution >= 4 is 33.2 Å². The highest BCUT2D eigenvalue weighted by molar-refractivity contribution is 7.92. The van der Waals surface area contributed by atoms with Gasteiger partial charge in [-0.2, -0.15) is 0 Å². The number of amides is 1. The van der Waals surface area contributed by atoms with Gasteiger partial charge in [-0.3, -0.25) is 9.10 Å². The molecule has 2 rings (SSSR count). The molecule has 0 saturated heterocycles. The molecule has 0 spiro atoms. The molecule has 6 nitrogen and oxygen atoms in total. The Morgan fingerprint density at radius 2 is 2.04 bits per heavy atom. The van der Waals surface area contributed by atoms with Crippen LogP contribution in [0.3, 0.4) is 0 Å². The van der Waals surface area contributed by atoms with E-state index in [0.29, 0.717) is 29.5 Å². The van der Waals surface area contributed by atoms with E-state index in [1.165, 1.54) is 4.31 Å². The van der Waals surface area contributed by atoms with E-state index in [4.69, 9.17) is 16.3 Å². The molecule has 1 aliphatic rings. The van der Waals surface area contributed by atoms with Gasteiger partial charge < -0.3 is 9.64 Å². The lowest BCUT2D eigenvalue weighted by atomic mass is 10.2. The molecule has 0 aromatic heterocycles. The average Bonchev–Trinajstić information content (AvgIpc) is 2.67. The van der Waals surface area contributed by atoms with Gasteiger partial charge in [0.25, 0.3) is 5.91 Å². The van der Waals surface area contributed by atoms with Crippen molar-refractivity contribution in [3.8, 4) is 5.75 Å². The Balaban J connectivity index is 2.41. The molecule has 0 saturated carbocycles. The van der Waals surface area contributed by atoms with Crippen molar-refractivity contribution in [3.05, 3.63) is 23.2 Å². The van der Waals surface area contributed by atoms with Crippen LogP contribution in [0.1, 0.15) is 20.3 Å². The largest absolute Gasteiger partial charge is 0.478 e. The summed E-state index contributed by atoms with van der Waals surface area (Å²) in [6.07, 6.45) is 0.709. The molecule has 23 heavy (non-hydrogen) atoms. The van der Waals surface area contributed by atoms with Gasteiger partial charge in [0.05, 0.1) is 11.9 Å². The Morgan fingerprint density at radius 3 is 2.61 bits per heavy atom. The number of nitrogens with zero attached hydrogens (tertiary/aromatic N) is 2. The molecule has 0 fully saturated rings. The molecule has 0 aliphatic carbocycles. The maximum Gasteiger partial charge on any atom is 0.263 e. The summed E-state index contributed by atoms with van der Waals surface area (Å²) >= 11 is 5.99. The van der Waals surface area contributed by atoms with Crippen LogP contribution in [0.5, 0.6) is 5.75 Å². The predicted octanol–water partition coefficient (Wildman–Crippen LogP) is 2.13. The number of carbonyl (C=O) groups is 1. The summed E-state index contributed by atoms with van der Waals surface area (Å²) in [5.41, 5.74) is 0.370. The highest BCUT2D eigenvalue weighted by atomic mass is 35.5. The molecule has 1 amide bonds. The minimum Gasteiger partial charge on any atom is -0.478 e. The van der Waals surface area contributed by atoms with Crippen LogP contribution >= 0.6 is 11.6 Å². The second-order valence-electron chi connectivity index (χ2n) is 5.35. The second kappa shape index (κ2) is 6.97. The number of rotatable bonds is 4. The first-order valence-corrected chi connectivity index (χ1v) is 9.73. The van der Waals surface area contributed by atoms with Gasteiger partial charge in [-0.1, -0.05) is 11.6 Å². The number of carbonyl (C=O) groups excluding carboxylic acids is 1. The third-order valence-corrected chi connectivity index (χ3v) is 5.22. The molecule has 8 heteroatoms. The first-order chi connectivity index (χ1) is 10.8. The van der Waals surface area contributed by atoms with Gasteiger partial charge in [-0.15, -0.1) is 0 Å². The molecule has 0 N–H and O–H groups in total. The molecule has 1 atom stereocenters. The number of hydrogen-bond donors (Lipinski definition) is 0. The summed E-state index contributed by atoms with van der Waals surface area (Å²) in [5.74, 6) is 0.217. The van der Waals surface area contributed by atoms with E-state index >= 15 is 0 Å². The topological polar surface area (TPSA) is 66.9 Å². The number of benzene rings is 1. The van der Waals surface area contributed by atoms with Crippen LogP contribution in [-0.2, 0) is 14.8 Å². The Labute approximate surface area is 142 Å². The fraction of sp³-hybridized carbons (Fsp3) is 0.533. The molecule has 0 bridgehead atoms. The Bertz CT molecular complexity index is 689. The van der Waals surface area contributed by atoms with Crippen molar-refractivity contribution < 1.29 is 17.9 Å². The third-order valence-electron chi connectivity index (χ3n) is 3.80. The van der Waals surface area contributed by atoms with E-state index in [2.05, 4.69) is 0 Å². The molecule has 1 aromatic rings. The summed E-state index contributed by atoms with van der Waals surface area (Å²) in [6.45, 7) is 5.13. The number of anilines is 1. The monoisotopic (exact) mass is 360 g/mol. The number of halogens is 1. The van der Waals surface area contributed by atoms with Crippen LogP contribution < -0.4 is 9.04 Å².